The van der Waals surface area contributed by atoms with Crippen molar-refractivity contribution in [3.05, 3.63) is 64.5 Å². The minimum atomic E-state index is -0.352. The van der Waals surface area contributed by atoms with E-state index in [1.54, 1.807) is 20.3 Å². The van der Waals surface area contributed by atoms with Gasteiger partial charge >= 0.3 is 5.63 Å². The van der Waals surface area contributed by atoms with Crippen LogP contribution in [0.4, 0.5) is 0 Å². The van der Waals surface area contributed by atoms with Crippen LogP contribution in [-0.2, 0) is 0 Å². The van der Waals surface area contributed by atoms with E-state index >= 15 is 0 Å². The highest BCUT2D eigenvalue weighted by atomic mass is 16.5. The summed E-state index contributed by atoms with van der Waals surface area (Å²) in [6.07, 6.45) is 0. The number of benzene rings is 2. The Kier molecular flexibility index (Phi) is 2.81. The van der Waals surface area contributed by atoms with Crippen molar-refractivity contribution in [2.24, 2.45) is 0 Å². The van der Waals surface area contributed by atoms with E-state index in [0.29, 0.717) is 22.6 Å². The van der Waals surface area contributed by atoms with Gasteiger partial charge in [-0.1, -0.05) is 24.8 Å². The first-order valence-electron chi connectivity index (χ1n) is 7.17. The Morgan fingerprint density at radius 3 is 2.22 bits per heavy atom. The number of hydrogen-bond acceptors (Lipinski definition) is 4. The van der Waals surface area contributed by atoms with E-state index in [-0.39, 0.29) is 5.63 Å². The molecule has 0 saturated heterocycles. The van der Waals surface area contributed by atoms with Crippen molar-refractivity contribution in [1.29, 1.82) is 0 Å². The van der Waals surface area contributed by atoms with Gasteiger partial charge in [-0.25, -0.2) is 4.79 Å². The predicted molar refractivity (Wildman–Crippen MR) is 89.2 cm³/mol. The van der Waals surface area contributed by atoms with E-state index in [1.807, 2.05) is 30.3 Å². The van der Waals surface area contributed by atoms with E-state index < -0.39 is 0 Å². The number of rotatable bonds is 2. The number of ether oxygens (including phenoxy) is 2. The Balaban J connectivity index is 2.12. The summed E-state index contributed by atoms with van der Waals surface area (Å²) in [5, 5.41) is 1.40. The van der Waals surface area contributed by atoms with Crippen LogP contribution in [0.3, 0.4) is 0 Å². The molecule has 2 aromatic carbocycles. The molecule has 1 aliphatic carbocycles. The van der Waals surface area contributed by atoms with Gasteiger partial charge < -0.3 is 13.9 Å². The van der Waals surface area contributed by atoms with Crippen LogP contribution in [-0.4, -0.2) is 14.2 Å². The molecule has 0 amide bonds. The van der Waals surface area contributed by atoms with E-state index in [9.17, 15) is 4.79 Å². The average Bonchev–Trinajstić information content (AvgIpc) is 2.86. The molecule has 0 N–H and O–H groups in total. The third-order valence-corrected chi connectivity index (χ3v) is 4.23. The normalized spacial score (nSPS) is 12.2. The van der Waals surface area contributed by atoms with Gasteiger partial charge in [0.25, 0.3) is 0 Å². The Labute approximate surface area is 132 Å². The molecule has 3 aromatic rings. The quantitative estimate of drug-likeness (QED) is 0.564. The van der Waals surface area contributed by atoms with Crippen LogP contribution in [0.25, 0.3) is 27.7 Å². The minimum absolute atomic E-state index is 0.352. The fraction of sp³-hybridized carbons (Fsp3) is 0.105. The van der Waals surface area contributed by atoms with E-state index in [2.05, 4.69) is 6.58 Å². The largest absolute Gasteiger partial charge is 0.493 e. The van der Waals surface area contributed by atoms with E-state index in [1.165, 1.54) is 0 Å². The standard InChI is InChI=1S/C19H14O4/c1-10-13-8-15(21-2)16(22-3)9-14(13)18-17(10)11-6-4-5-7-12(11)19(20)23-18/h4-9H,1H2,2-3H3. The summed E-state index contributed by atoms with van der Waals surface area (Å²) in [4.78, 5) is 12.3. The maximum absolute atomic E-state index is 12.3. The molecule has 4 nitrogen and oxygen atoms in total. The lowest BCUT2D eigenvalue weighted by atomic mass is 10.0. The van der Waals surface area contributed by atoms with Gasteiger partial charge in [-0.05, 0) is 29.3 Å². The summed E-state index contributed by atoms with van der Waals surface area (Å²) in [6, 6.07) is 11.1. The van der Waals surface area contributed by atoms with Gasteiger partial charge in [0.05, 0.1) is 19.6 Å². The zero-order valence-electron chi connectivity index (χ0n) is 12.8. The molecular formula is C19H14O4. The van der Waals surface area contributed by atoms with Gasteiger partial charge in [0.15, 0.2) is 11.5 Å². The molecule has 23 heavy (non-hydrogen) atoms. The van der Waals surface area contributed by atoms with Crippen LogP contribution in [0.15, 0.2) is 52.2 Å². The van der Waals surface area contributed by atoms with Gasteiger partial charge in [0, 0.05) is 16.5 Å². The maximum atomic E-state index is 12.3. The van der Waals surface area contributed by atoms with Crippen molar-refractivity contribution >= 4 is 16.3 Å². The third kappa shape index (κ3) is 1.75. The third-order valence-electron chi connectivity index (χ3n) is 4.23. The summed E-state index contributed by atoms with van der Waals surface area (Å²) in [5.74, 6) is 1.74. The lowest BCUT2D eigenvalue weighted by Crippen LogP contribution is -2.01. The molecule has 0 saturated carbocycles. The minimum Gasteiger partial charge on any atom is -0.493 e. The first kappa shape index (κ1) is 13.6. The smallest absolute Gasteiger partial charge is 0.344 e. The Bertz CT molecular complexity index is 1030. The molecule has 0 bridgehead atoms. The second-order valence-electron chi connectivity index (χ2n) is 5.37. The Morgan fingerprint density at radius 2 is 1.57 bits per heavy atom. The van der Waals surface area contributed by atoms with Crippen LogP contribution >= 0.6 is 0 Å². The topological polar surface area (TPSA) is 48.7 Å². The van der Waals surface area contributed by atoms with Crippen LogP contribution in [0, 0.1) is 0 Å². The highest BCUT2D eigenvalue weighted by molar-refractivity contribution is 6.08. The van der Waals surface area contributed by atoms with Crippen LogP contribution in [0.5, 0.6) is 11.5 Å². The van der Waals surface area contributed by atoms with Crippen LogP contribution < -0.4 is 15.1 Å². The lowest BCUT2D eigenvalue weighted by molar-refractivity contribution is 0.355. The fourth-order valence-corrected chi connectivity index (χ4v) is 3.14. The van der Waals surface area contributed by atoms with Gasteiger partial charge in [0.2, 0.25) is 0 Å². The van der Waals surface area contributed by atoms with Crippen molar-refractivity contribution in [3.63, 3.8) is 0 Å². The van der Waals surface area contributed by atoms with Crippen molar-refractivity contribution in [3.8, 4) is 22.8 Å². The second kappa shape index (κ2) is 4.74. The molecule has 0 atom stereocenters. The SMILES string of the molecule is C=C1c2cc(OC)c(OC)cc2-c2oc(=O)c3ccccc3c21. The van der Waals surface area contributed by atoms with Crippen molar-refractivity contribution in [2.45, 2.75) is 0 Å². The molecule has 4 rings (SSSR count). The number of methoxy groups -OCH3 is 2. The molecule has 1 aromatic heterocycles. The van der Waals surface area contributed by atoms with E-state index in [4.69, 9.17) is 13.9 Å². The van der Waals surface area contributed by atoms with Gasteiger partial charge in [-0.2, -0.15) is 0 Å². The molecular weight excluding hydrogens is 292 g/mol. The zero-order chi connectivity index (χ0) is 16.1. The molecule has 0 unspecified atom stereocenters. The van der Waals surface area contributed by atoms with E-state index in [0.717, 1.165) is 27.6 Å². The first-order valence-corrected chi connectivity index (χ1v) is 7.17. The highest BCUT2D eigenvalue weighted by Crippen LogP contribution is 2.49. The van der Waals surface area contributed by atoms with Gasteiger partial charge in [0.1, 0.15) is 5.76 Å². The molecule has 0 aliphatic heterocycles. The summed E-state index contributed by atoms with van der Waals surface area (Å²) < 4.78 is 16.3. The maximum Gasteiger partial charge on any atom is 0.344 e. The monoisotopic (exact) mass is 306 g/mol. The van der Waals surface area contributed by atoms with Gasteiger partial charge in [-0.3, -0.25) is 0 Å². The Morgan fingerprint density at radius 1 is 0.957 bits per heavy atom. The summed E-state index contributed by atoms with van der Waals surface area (Å²) >= 11 is 0. The van der Waals surface area contributed by atoms with Gasteiger partial charge in [-0.15, -0.1) is 0 Å². The summed E-state index contributed by atoms with van der Waals surface area (Å²) in [6.45, 7) is 4.19. The molecule has 0 fully saturated rings. The fourth-order valence-electron chi connectivity index (χ4n) is 3.14. The average molecular weight is 306 g/mol. The van der Waals surface area contributed by atoms with Crippen molar-refractivity contribution in [1.82, 2.24) is 0 Å². The molecule has 4 heteroatoms. The molecule has 114 valence electrons. The van der Waals surface area contributed by atoms with Crippen LogP contribution in [0.2, 0.25) is 0 Å². The number of hydrogen-bond donors (Lipinski definition) is 0. The Hall–Kier alpha value is -3.01. The number of fused-ring (bicyclic) bond motifs is 5. The highest BCUT2D eigenvalue weighted by Gasteiger charge is 2.29. The zero-order valence-corrected chi connectivity index (χ0v) is 12.8. The predicted octanol–water partition coefficient (Wildman–Crippen LogP) is 3.85. The van der Waals surface area contributed by atoms with Crippen molar-refractivity contribution < 1.29 is 13.9 Å². The first-order chi connectivity index (χ1) is 11.2. The molecule has 1 heterocycles. The van der Waals surface area contributed by atoms with Crippen LogP contribution in [0.1, 0.15) is 11.1 Å². The summed E-state index contributed by atoms with van der Waals surface area (Å²) in [7, 11) is 3.16. The second-order valence-corrected chi connectivity index (χ2v) is 5.37. The lowest BCUT2D eigenvalue weighted by Gasteiger charge is -2.10. The molecule has 1 aliphatic rings. The molecule has 0 spiro atoms. The summed E-state index contributed by atoms with van der Waals surface area (Å²) in [5.41, 5.74) is 3.00. The van der Waals surface area contributed by atoms with Crippen molar-refractivity contribution in [2.75, 3.05) is 14.2 Å². The molecule has 0 radical (unpaired) electrons.